The van der Waals surface area contributed by atoms with Gasteiger partial charge >= 0.3 is 290 Å². The van der Waals surface area contributed by atoms with Crippen LogP contribution in [-0.4, -0.2) is 3.21 Å². The fourth-order valence-corrected chi connectivity index (χ4v) is 17.3. The second kappa shape index (κ2) is 14.6. The van der Waals surface area contributed by atoms with Crippen molar-refractivity contribution in [1.82, 2.24) is 0 Å². The van der Waals surface area contributed by atoms with Crippen molar-refractivity contribution in [3.8, 4) is 11.1 Å². The molecule has 1 atom stereocenters. The molecule has 0 aromatic heterocycles. The summed E-state index contributed by atoms with van der Waals surface area (Å²) < 4.78 is 3.56. The number of hydrogen-bond donors (Lipinski definition) is 0. The SMILES string of the molecule is Cc1cc2c(cc1C)[CH]([Zr+2]([C]1=CC(C(C)(C)C)=CC1C(C)C)=[C](c1ccc(Cl)cc1)c1ccc(Cl)cc1)c1cc(C)c(C)cc1-2.[Cl-].[Cl-]. The fourth-order valence-electron chi connectivity index (χ4n) is 7.14. The molecular weight excluding hydrogens is 737 g/mol. The van der Waals surface area contributed by atoms with Gasteiger partial charge in [-0.3, -0.25) is 0 Å². The summed E-state index contributed by atoms with van der Waals surface area (Å²) in [6, 6.07) is 27.2. The van der Waals surface area contributed by atoms with Gasteiger partial charge < -0.3 is 24.8 Å². The van der Waals surface area contributed by atoms with Gasteiger partial charge in [0.05, 0.1) is 0 Å². The molecule has 6 rings (SSSR count). The van der Waals surface area contributed by atoms with E-state index in [2.05, 4.69) is 147 Å². The number of benzene rings is 4. The summed E-state index contributed by atoms with van der Waals surface area (Å²) in [5, 5.41) is 1.54. The van der Waals surface area contributed by atoms with Crippen LogP contribution in [0.3, 0.4) is 0 Å². The third-order valence-corrected chi connectivity index (χ3v) is 18.9. The van der Waals surface area contributed by atoms with E-state index < -0.39 is 21.3 Å². The molecule has 5 heteroatoms. The largest absolute Gasteiger partial charge is 1.00 e. The molecular formula is C42H44Cl4Zr. The zero-order chi connectivity index (χ0) is 32.4. The van der Waals surface area contributed by atoms with Crippen molar-refractivity contribution in [3.05, 3.63) is 148 Å². The minimum Gasteiger partial charge on any atom is -1.00 e. The maximum atomic E-state index is 6.52. The van der Waals surface area contributed by atoms with Gasteiger partial charge in [0.2, 0.25) is 0 Å². The molecule has 47 heavy (non-hydrogen) atoms. The van der Waals surface area contributed by atoms with Crippen LogP contribution in [0.4, 0.5) is 0 Å². The van der Waals surface area contributed by atoms with Crippen molar-refractivity contribution in [2.24, 2.45) is 17.3 Å². The topological polar surface area (TPSA) is 0 Å². The van der Waals surface area contributed by atoms with Gasteiger partial charge in [-0.15, -0.1) is 0 Å². The Morgan fingerprint density at radius 1 is 0.660 bits per heavy atom. The maximum absolute atomic E-state index is 6.52. The minimum atomic E-state index is -2.97. The summed E-state index contributed by atoms with van der Waals surface area (Å²) in [4.78, 5) is 0. The number of fused-ring (bicyclic) bond motifs is 3. The molecule has 0 saturated carbocycles. The first-order valence-electron chi connectivity index (χ1n) is 16.2. The van der Waals surface area contributed by atoms with Crippen LogP contribution in [0.5, 0.6) is 0 Å². The Labute approximate surface area is 312 Å². The molecule has 0 aliphatic heterocycles. The van der Waals surface area contributed by atoms with Crippen LogP contribution in [0.15, 0.2) is 93.8 Å². The number of halogens is 4. The van der Waals surface area contributed by atoms with Crippen LogP contribution in [0.1, 0.15) is 82.8 Å². The summed E-state index contributed by atoms with van der Waals surface area (Å²) >= 11 is 10.1. The molecule has 4 aromatic rings. The van der Waals surface area contributed by atoms with Crippen molar-refractivity contribution in [2.45, 2.75) is 65.9 Å². The second-order valence-corrected chi connectivity index (χ2v) is 21.5. The summed E-state index contributed by atoms with van der Waals surface area (Å²) in [5.41, 5.74) is 15.5. The third-order valence-electron chi connectivity index (χ3n) is 9.99. The van der Waals surface area contributed by atoms with Gasteiger partial charge in [0, 0.05) is 0 Å². The maximum Gasteiger partial charge on any atom is -1.00 e. The molecule has 0 nitrogen and oxygen atoms in total. The van der Waals surface area contributed by atoms with Gasteiger partial charge in [0.25, 0.3) is 0 Å². The van der Waals surface area contributed by atoms with Gasteiger partial charge in [-0.1, -0.05) is 0 Å². The van der Waals surface area contributed by atoms with Crippen LogP contribution in [0.25, 0.3) is 11.1 Å². The Morgan fingerprint density at radius 2 is 1.06 bits per heavy atom. The van der Waals surface area contributed by atoms with E-state index in [1.54, 1.807) is 3.28 Å². The summed E-state index contributed by atoms with van der Waals surface area (Å²) in [7, 11) is 0. The second-order valence-electron chi connectivity index (χ2n) is 14.5. The fraction of sp³-hybridized carbons (Fsp3) is 0.310. The molecule has 0 amide bonds. The van der Waals surface area contributed by atoms with E-state index >= 15 is 0 Å². The van der Waals surface area contributed by atoms with E-state index in [0.29, 0.717) is 15.5 Å². The Kier molecular flexibility index (Phi) is 11.9. The molecule has 244 valence electrons. The van der Waals surface area contributed by atoms with Crippen LogP contribution in [-0.2, 0) is 21.3 Å². The average molecular weight is 782 g/mol. The molecule has 2 aliphatic rings. The van der Waals surface area contributed by atoms with Crippen LogP contribution < -0.4 is 24.8 Å². The van der Waals surface area contributed by atoms with Gasteiger partial charge in [0.15, 0.2) is 0 Å². The van der Waals surface area contributed by atoms with Gasteiger partial charge in [-0.2, -0.15) is 0 Å². The summed E-state index contributed by atoms with van der Waals surface area (Å²) in [5.74, 6) is 0.914. The van der Waals surface area contributed by atoms with E-state index in [1.807, 2.05) is 0 Å². The van der Waals surface area contributed by atoms with E-state index in [1.165, 1.54) is 64.4 Å². The number of allylic oxidation sites excluding steroid dienone is 4. The molecule has 0 N–H and O–H groups in total. The predicted octanol–water partition coefficient (Wildman–Crippen LogP) is 6.33. The summed E-state index contributed by atoms with van der Waals surface area (Å²) in [6.45, 7) is 21.0. The molecule has 0 bridgehead atoms. The zero-order valence-corrected chi connectivity index (χ0v) is 34.3. The van der Waals surface area contributed by atoms with Crippen molar-refractivity contribution in [2.75, 3.05) is 0 Å². The van der Waals surface area contributed by atoms with Crippen molar-refractivity contribution in [3.63, 3.8) is 0 Å². The Hall–Kier alpha value is -1.73. The first kappa shape index (κ1) is 38.1. The zero-order valence-electron chi connectivity index (χ0n) is 28.8. The molecule has 4 aromatic carbocycles. The monoisotopic (exact) mass is 778 g/mol. The van der Waals surface area contributed by atoms with Crippen molar-refractivity contribution in [1.29, 1.82) is 0 Å². The van der Waals surface area contributed by atoms with Gasteiger partial charge in [-0.05, 0) is 0 Å². The van der Waals surface area contributed by atoms with Gasteiger partial charge in [0.1, 0.15) is 0 Å². The first-order chi connectivity index (χ1) is 21.2. The standard InChI is InChI=1S/C17H17.C13H8Cl2.C12H19.2ClH.Zr/c1-10-5-14-9-15-6-11(2)13(4)8-17(15)16(14)7-12(10)3;14-12-5-1-10(2-6-12)9-11-3-7-13(15)8-4-11;1-9(2)10-6-7-11(8-10)12(3,4)5;;;/h5-9H,1-4H3;1-8H;7-10H,1-5H3;2*1H;/q;;;;;+2/p-2. The van der Waals surface area contributed by atoms with Gasteiger partial charge in [-0.25, -0.2) is 0 Å². The van der Waals surface area contributed by atoms with Crippen LogP contribution in [0, 0.1) is 44.9 Å². The molecule has 1 unspecified atom stereocenters. The minimum absolute atomic E-state index is 0. The predicted molar refractivity (Wildman–Crippen MR) is 193 cm³/mol. The number of hydrogen-bond acceptors (Lipinski definition) is 0. The quantitative estimate of drug-likeness (QED) is 0.222. The normalized spacial score (nSPS) is 15.2. The first-order valence-corrected chi connectivity index (χ1v) is 20.8. The molecule has 0 radical (unpaired) electrons. The van der Waals surface area contributed by atoms with E-state index in [0.717, 1.165) is 10.0 Å². The number of aryl methyl sites for hydroxylation is 4. The average Bonchev–Trinajstić information content (AvgIpc) is 3.54. The van der Waals surface area contributed by atoms with Crippen LogP contribution >= 0.6 is 23.2 Å². The Morgan fingerprint density at radius 3 is 1.45 bits per heavy atom. The van der Waals surface area contributed by atoms with Crippen LogP contribution in [0.2, 0.25) is 10.0 Å². The van der Waals surface area contributed by atoms with E-state index in [-0.39, 0.29) is 30.2 Å². The van der Waals surface area contributed by atoms with E-state index in [9.17, 15) is 0 Å². The molecule has 0 fully saturated rings. The molecule has 0 spiro atoms. The molecule has 0 saturated heterocycles. The summed E-state index contributed by atoms with van der Waals surface area (Å²) in [6.07, 6.45) is 5.25. The third kappa shape index (κ3) is 7.28. The molecule has 0 heterocycles. The Bertz CT molecular complexity index is 1800. The molecule has 2 aliphatic carbocycles. The van der Waals surface area contributed by atoms with Crippen molar-refractivity contribution >= 4 is 26.4 Å². The van der Waals surface area contributed by atoms with Crippen molar-refractivity contribution < 1.29 is 46.1 Å². The number of rotatable bonds is 5. The van der Waals surface area contributed by atoms with E-state index in [4.69, 9.17) is 23.2 Å². The Balaban J connectivity index is 0.00000250. The smallest absolute Gasteiger partial charge is 1.00 e.